The Kier molecular flexibility index (Phi) is 7.88. The zero-order valence-electron chi connectivity index (χ0n) is 17.1. The Morgan fingerprint density at radius 3 is 1.69 bits per heavy atom. The van der Waals surface area contributed by atoms with Crippen LogP contribution in [0.5, 0.6) is 0 Å². The normalized spacial score (nSPS) is 36.0. The van der Waals surface area contributed by atoms with Crippen LogP contribution in [-0.4, -0.2) is 11.1 Å². The van der Waals surface area contributed by atoms with Gasteiger partial charge in [-0.15, -0.1) is 0 Å². The van der Waals surface area contributed by atoms with Gasteiger partial charge in [-0.25, -0.2) is 0 Å². The van der Waals surface area contributed by atoms with Gasteiger partial charge in [0.15, 0.2) is 0 Å². The van der Waals surface area contributed by atoms with Gasteiger partial charge in [0, 0.05) is 6.42 Å². The van der Waals surface area contributed by atoms with Crippen molar-refractivity contribution in [1.82, 2.24) is 0 Å². The van der Waals surface area contributed by atoms with E-state index in [0.717, 1.165) is 48.3 Å². The molecule has 0 radical (unpaired) electrons. The lowest BCUT2D eigenvalue weighted by Crippen LogP contribution is -2.34. The number of hydrogen-bond donors (Lipinski definition) is 1. The first-order chi connectivity index (χ1) is 12.6. The molecule has 0 aliphatic heterocycles. The lowest BCUT2D eigenvalue weighted by molar-refractivity contribution is -0.137. The van der Waals surface area contributed by atoms with Gasteiger partial charge in [-0.2, -0.15) is 0 Å². The van der Waals surface area contributed by atoms with Crippen molar-refractivity contribution in [2.24, 2.45) is 35.5 Å². The van der Waals surface area contributed by atoms with Gasteiger partial charge in [0.05, 0.1) is 0 Å². The van der Waals surface area contributed by atoms with E-state index in [4.69, 9.17) is 5.11 Å². The van der Waals surface area contributed by atoms with Crippen molar-refractivity contribution < 1.29 is 9.90 Å². The van der Waals surface area contributed by atoms with E-state index in [1.807, 2.05) is 0 Å². The van der Waals surface area contributed by atoms with Crippen LogP contribution in [0, 0.1) is 35.5 Å². The van der Waals surface area contributed by atoms with Gasteiger partial charge in [0.2, 0.25) is 0 Å². The van der Waals surface area contributed by atoms with Crippen LogP contribution in [-0.2, 0) is 4.79 Å². The van der Waals surface area contributed by atoms with Crippen molar-refractivity contribution in [3.63, 3.8) is 0 Å². The van der Waals surface area contributed by atoms with Gasteiger partial charge in [-0.1, -0.05) is 45.4 Å². The summed E-state index contributed by atoms with van der Waals surface area (Å²) in [4.78, 5) is 10.5. The van der Waals surface area contributed by atoms with E-state index in [2.05, 4.69) is 6.92 Å². The van der Waals surface area contributed by atoms with Crippen molar-refractivity contribution in [2.75, 3.05) is 0 Å². The summed E-state index contributed by atoms with van der Waals surface area (Å²) in [5.74, 6) is 5.81. The first-order valence-corrected chi connectivity index (χ1v) is 11.8. The topological polar surface area (TPSA) is 37.3 Å². The third-order valence-corrected chi connectivity index (χ3v) is 7.91. The fourth-order valence-corrected chi connectivity index (χ4v) is 6.14. The molecule has 0 amide bonds. The van der Waals surface area contributed by atoms with E-state index in [1.54, 1.807) is 38.5 Å². The molecule has 3 rings (SSSR count). The standard InChI is InChI=1S/C24H42O2/c1-2-18-10-20(11-18)14-22-16-23(17-22)15-21-12-19(13-21)8-6-4-3-5-7-9-24(25)26/h18-23H,2-17H2,1H3,(H,25,26)/t18-,19?,20+,21?,22?,23?. The lowest BCUT2D eigenvalue weighted by atomic mass is 9.60. The highest BCUT2D eigenvalue weighted by atomic mass is 16.4. The molecule has 0 aromatic carbocycles. The Morgan fingerprint density at radius 2 is 1.15 bits per heavy atom. The molecule has 0 aromatic rings. The van der Waals surface area contributed by atoms with Crippen LogP contribution in [0.1, 0.15) is 110 Å². The second-order valence-corrected chi connectivity index (χ2v) is 10.2. The summed E-state index contributed by atoms with van der Waals surface area (Å²) in [6.45, 7) is 2.36. The highest BCUT2D eigenvalue weighted by Crippen LogP contribution is 2.50. The van der Waals surface area contributed by atoms with E-state index in [1.165, 1.54) is 44.9 Å². The molecule has 0 aromatic heterocycles. The molecule has 26 heavy (non-hydrogen) atoms. The van der Waals surface area contributed by atoms with Crippen LogP contribution >= 0.6 is 0 Å². The molecule has 0 bridgehead atoms. The molecule has 0 saturated heterocycles. The molecule has 0 atom stereocenters. The number of hydrogen-bond acceptors (Lipinski definition) is 1. The van der Waals surface area contributed by atoms with Crippen molar-refractivity contribution in [2.45, 2.75) is 110 Å². The van der Waals surface area contributed by atoms with Crippen LogP contribution in [0.15, 0.2) is 0 Å². The third-order valence-electron chi connectivity index (χ3n) is 7.91. The van der Waals surface area contributed by atoms with Crippen LogP contribution in [0.25, 0.3) is 0 Å². The summed E-state index contributed by atoms with van der Waals surface area (Å²) < 4.78 is 0. The van der Waals surface area contributed by atoms with Gasteiger partial charge in [-0.05, 0) is 93.3 Å². The molecule has 3 aliphatic rings. The third kappa shape index (κ3) is 6.27. The van der Waals surface area contributed by atoms with Crippen LogP contribution < -0.4 is 0 Å². The minimum absolute atomic E-state index is 0.353. The summed E-state index contributed by atoms with van der Waals surface area (Å²) in [5.41, 5.74) is 0. The van der Waals surface area contributed by atoms with Crippen molar-refractivity contribution >= 4 is 5.97 Å². The number of carbonyl (C=O) groups is 1. The van der Waals surface area contributed by atoms with Crippen LogP contribution in [0.4, 0.5) is 0 Å². The molecule has 2 heteroatoms. The second-order valence-electron chi connectivity index (χ2n) is 10.2. The Morgan fingerprint density at radius 1 is 0.692 bits per heavy atom. The van der Waals surface area contributed by atoms with E-state index in [0.29, 0.717) is 6.42 Å². The van der Waals surface area contributed by atoms with Gasteiger partial charge < -0.3 is 5.11 Å². The molecule has 2 nitrogen and oxygen atoms in total. The average molecular weight is 363 g/mol. The molecule has 0 spiro atoms. The number of rotatable bonds is 13. The van der Waals surface area contributed by atoms with E-state index >= 15 is 0 Å². The first-order valence-electron chi connectivity index (χ1n) is 11.8. The SMILES string of the molecule is CC[C@H]1C[C@@H](CC2CC(CC3CC(CCCCCCCC(=O)O)C3)C2)C1. The van der Waals surface area contributed by atoms with Crippen molar-refractivity contribution in [3.05, 3.63) is 0 Å². The zero-order valence-corrected chi connectivity index (χ0v) is 17.1. The van der Waals surface area contributed by atoms with E-state index in [-0.39, 0.29) is 0 Å². The molecule has 3 fully saturated rings. The minimum atomic E-state index is -0.642. The maximum absolute atomic E-state index is 10.5. The molecule has 0 heterocycles. The quantitative estimate of drug-likeness (QED) is 0.356. The van der Waals surface area contributed by atoms with Crippen molar-refractivity contribution in [1.29, 1.82) is 0 Å². The monoisotopic (exact) mass is 362 g/mol. The van der Waals surface area contributed by atoms with Gasteiger partial charge >= 0.3 is 5.97 Å². The number of carboxylic acid groups (broad SMARTS) is 1. The lowest BCUT2D eigenvalue weighted by Gasteiger charge is -2.45. The maximum Gasteiger partial charge on any atom is 0.303 e. The maximum atomic E-state index is 10.5. The predicted molar refractivity (Wildman–Crippen MR) is 108 cm³/mol. The average Bonchev–Trinajstić information content (AvgIpc) is 2.49. The Hall–Kier alpha value is -0.530. The van der Waals surface area contributed by atoms with E-state index in [9.17, 15) is 4.79 Å². The first kappa shape index (κ1) is 20.2. The predicted octanol–water partition coefficient (Wildman–Crippen LogP) is 7.07. The molecule has 3 saturated carbocycles. The van der Waals surface area contributed by atoms with Gasteiger partial charge in [0.1, 0.15) is 0 Å². The number of unbranched alkanes of at least 4 members (excludes halogenated alkanes) is 4. The fraction of sp³-hybridized carbons (Fsp3) is 0.958. The molecular formula is C24H42O2. The summed E-state index contributed by atoms with van der Waals surface area (Å²) in [6, 6.07) is 0. The molecule has 150 valence electrons. The summed E-state index contributed by atoms with van der Waals surface area (Å²) >= 11 is 0. The van der Waals surface area contributed by atoms with Gasteiger partial charge in [0.25, 0.3) is 0 Å². The second kappa shape index (κ2) is 10.1. The highest BCUT2D eigenvalue weighted by molar-refractivity contribution is 5.66. The Labute approximate surface area is 161 Å². The molecule has 3 aliphatic carbocycles. The fourth-order valence-electron chi connectivity index (χ4n) is 6.14. The molecule has 0 unspecified atom stereocenters. The van der Waals surface area contributed by atoms with E-state index < -0.39 is 5.97 Å². The largest absolute Gasteiger partial charge is 0.481 e. The Balaban J connectivity index is 1.10. The van der Waals surface area contributed by atoms with Crippen LogP contribution in [0.3, 0.4) is 0 Å². The highest BCUT2D eigenvalue weighted by Gasteiger charge is 2.38. The Bertz CT molecular complexity index is 414. The van der Waals surface area contributed by atoms with Crippen LogP contribution in [0.2, 0.25) is 0 Å². The minimum Gasteiger partial charge on any atom is -0.481 e. The molecular weight excluding hydrogens is 320 g/mol. The summed E-state index contributed by atoms with van der Waals surface area (Å²) in [6.07, 6.45) is 21.4. The summed E-state index contributed by atoms with van der Waals surface area (Å²) in [7, 11) is 0. The molecule has 1 N–H and O–H groups in total. The van der Waals surface area contributed by atoms with Gasteiger partial charge in [-0.3, -0.25) is 4.79 Å². The zero-order chi connectivity index (χ0) is 18.4. The smallest absolute Gasteiger partial charge is 0.303 e. The van der Waals surface area contributed by atoms with Crippen molar-refractivity contribution in [3.8, 4) is 0 Å². The summed E-state index contributed by atoms with van der Waals surface area (Å²) in [5, 5.41) is 8.62. The number of aliphatic carboxylic acids is 1. The number of carboxylic acids is 1.